The molecule has 5 nitrogen and oxygen atoms in total. The molecular formula is C15H10BrFN4O. The van der Waals surface area contributed by atoms with Crippen LogP contribution in [0.2, 0.25) is 0 Å². The van der Waals surface area contributed by atoms with Gasteiger partial charge in [0.05, 0.1) is 4.47 Å². The van der Waals surface area contributed by atoms with Crippen LogP contribution in [0.5, 0.6) is 0 Å². The lowest BCUT2D eigenvalue weighted by atomic mass is 9.90. The number of hydrogen-bond acceptors (Lipinski definition) is 4. The van der Waals surface area contributed by atoms with Gasteiger partial charge in [-0.3, -0.25) is 4.79 Å². The summed E-state index contributed by atoms with van der Waals surface area (Å²) in [5, 5.41) is 18.6. The first-order valence-corrected chi connectivity index (χ1v) is 6.94. The molecule has 0 saturated carbocycles. The maximum absolute atomic E-state index is 13.8. The first-order valence-electron chi connectivity index (χ1n) is 6.15. The van der Waals surface area contributed by atoms with E-state index in [0.29, 0.717) is 16.7 Å². The molecule has 0 aliphatic rings. The lowest BCUT2D eigenvalue weighted by molar-refractivity contribution is 0.618. The SMILES string of the molecule is Cc1cc(F)c(Br)c(C)c1-c1c(C#N)c(N)[nH]c(=O)c1C#N. The second kappa shape index (κ2) is 5.63. The Balaban J connectivity index is 3.10. The third-order valence-electron chi connectivity index (χ3n) is 3.37. The van der Waals surface area contributed by atoms with E-state index in [4.69, 9.17) is 5.73 Å². The van der Waals surface area contributed by atoms with E-state index in [1.54, 1.807) is 19.9 Å². The van der Waals surface area contributed by atoms with Gasteiger partial charge in [0.25, 0.3) is 5.56 Å². The summed E-state index contributed by atoms with van der Waals surface area (Å²) in [6, 6.07) is 4.96. The van der Waals surface area contributed by atoms with Gasteiger partial charge in [-0.25, -0.2) is 4.39 Å². The Morgan fingerprint density at radius 3 is 2.36 bits per heavy atom. The van der Waals surface area contributed by atoms with Crippen LogP contribution >= 0.6 is 15.9 Å². The average Bonchev–Trinajstić information content (AvgIpc) is 2.45. The van der Waals surface area contributed by atoms with E-state index in [9.17, 15) is 19.7 Å². The first kappa shape index (κ1) is 15.7. The largest absolute Gasteiger partial charge is 0.384 e. The third-order valence-corrected chi connectivity index (χ3v) is 4.34. The van der Waals surface area contributed by atoms with Crippen LogP contribution in [0.1, 0.15) is 22.3 Å². The molecule has 110 valence electrons. The van der Waals surface area contributed by atoms with Crippen molar-refractivity contribution in [3.05, 3.63) is 49.0 Å². The molecule has 0 bridgehead atoms. The number of aromatic amines is 1. The van der Waals surface area contributed by atoms with Gasteiger partial charge >= 0.3 is 0 Å². The predicted octanol–water partition coefficient (Wildman–Crippen LogP) is 2.89. The Hall–Kier alpha value is -2.64. The fraction of sp³-hybridized carbons (Fsp3) is 0.133. The molecule has 2 aromatic rings. The lowest BCUT2D eigenvalue weighted by Crippen LogP contribution is -2.17. The molecule has 2 rings (SSSR count). The van der Waals surface area contributed by atoms with Crippen LogP contribution in [-0.2, 0) is 0 Å². The number of hydrogen-bond donors (Lipinski definition) is 2. The van der Waals surface area contributed by atoms with Gasteiger partial charge in [0.15, 0.2) is 0 Å². The quantitative estimate of drug-likeness (QED) is 0.814. The van der Waals surface area contributed by atoms with E-state index in [2.05, 4.69) is 20.9 Å². The van der Waals surface area contributed by atoms with Crippen molar-refractivity contribution in [3.8, 4) is 23.3 Å². The van der Waals surface area contributed by atoms with Crippen molar-refractivity contribution in [1.82, 2.24) is 4.98 Å². The van der Waals surface area contributed by atoms with Crippen LogP contribution in [-0.4, -0.2) is 4.98 Å². The van der Waals surface area contributed by atoms with Crippen molar-refractivity contribution in [3.63, 3.8) is 0 Å². The summed E-state index contributed by atoms with van der Waals surface area (Å²) < 4.78 is 14.0. The van der Waals surface area contributed by atoms with Crippen molar-refractivity contribution in [2.45, 2.75) is 13.8 Å². The van der Waals surface area contributed by atoms with Crippen LogP contribution in [0.25, 0.3) is 11.1 Å². The number of nitrogens with two attached hydrogens (primary N) is 1. The van der Waals surface area contributed by atoms with Gasteiger partial charge in [-0.15, -0.1) is 0 Å². The van der Waals surface area contributed by atoms with Gasteiger partial charge < -0.3 is 10.7 Å². The molecule has 0 spiro atoms. The number of nitriles is 2. The fourth-order valence-electron chi connectivity index (χ4n) is 2.39. The zero-order chi connectivity index (χ0) is 16.6. The highest BCUT2D eigenvalue weighted by Gasteiger charge is 2.23. The number of aromatic nitrogens is 1. The van der Waals surface area contributed by atoms with Crippen molar-refractivity contribution in [2.75, 3.05) is 5.73 Å². The number of aryl methyl sites for hydroxylation is 1. The molecule has 0 aliphatic carbocycles. The minimum Gasteiger partial charge on any atom is -0.384 e. The summed E-state index contributed by atoms with van der Waals surface area (Å²) in [7, 11) is 0. The maximum atomic E-state index is 13.8. The Bertz CT molecular complexity index is 935. The summed E-state index contributed by atoms with van der Waals surface area (Å²) in [4.78, 5) is 14.2. The number of H-pyrrole nitrogens is 1. The molecule has 1 aromatic heterocycles. The Morgan fingerprint density at radius 2 is 1.82 bits per heavy atom. The van der Waals surface area contributed by atoms with E-state index < -0.39 is 11.4 Å². The second-order valence-corrected chi connectivity index (χ2v) is 5.50. The van der Waals surface area contributed by atoms with Crippen molar-refractivity contribution >= 4 is 21.7 Å². The topological polar surface area (TPSA) is 106 Å². The smallest absolute Gasteiger partial charge is 0.268 e. The van der Waals surface area contributed by atoms with Gasteiger partial charge in [-0.05, 0) is 52.5 Å². The van der Waals surface area contributed by atoms with Crippen LogP contribution < -0.4 is 11.3 Å². The van der Waals surface area contributed by atoms with Crippen LogP contribution in [0.4, 0.5) is 10.2 Å². The number of nitrogens with zero attached hydrogens (tertiary/aromatic N) is 2. The van der Waals surface area contributed by atoms with Gasteiger partial charge in [-0.1, -0.05) is 0 Å². The lowest BCUT2D eigenvalue weighted by Gasteiger charge is -2.15. The van der Waals surface area contributed by atoms with Crippen molar-refractivity contribution in [2.24, 2.45) is 0 Å². The number of nitrogens with one attached hydrogen (secondary N) is 1. The molecular weight excluding hydrogens is 351 g/mol. The van der Waals surface area contributed by atoms with Gasteiger partial charge in [0.2, 0.25) is 0 Å². The number of rotatable bonds is 1. The molecule has 1 heterocycles. The van der Waals surface area contributed by atoms with Gasteiger partial charge in [-0.2, -0.15) is 10.5 Å². The number of nitrogen functional groups attached to an aromatic ring is 1. The number of anilines is 1. The predicted molar refractivity (Wildman–Crippen MR) is 83.5 cm³/mol. The van der Waals surface area contributed by atoms with Crippen LogP contribution in [0, 0.1) is 42.3 Å². The van der Waals surface area contributed by atoms with Crippen LogP contribution in [0.3, 0.4) is 0 Å². The Labute approximate surface area is 133 Å². The molecule has 0 amide bonds. The fourth-order valence-corrected chi connectivity index (χ4v) is 2.70. The molecule has 0 unspecified atom stereocenters. The zero-order valence-corrected chi connectivity index (χ0v) is 13.3. The number of halogens is 2. The molecule has 3 N–H and O–H groups in total. The maximum Gasteiger partial charge on any atom is 0.268 e. The first-order chi connectivity index (χ1) is 10.3. The van der Waals surface area contributed by atoms with E-state index in [-0.39, 0.29) is 27.0 Å². The standard InChI is InChI=1S/C15H10BrFN4O/c1-6-3-10(17)13(16)7(2)11(6)12-8(4-18)14(20)21-15(22)9(12)5-19/h3H,1-2H3,(H3,20,21,22). The van der Waals surface area contributed by atoms with Crippen molar-refractivity contribution < 1.29 is 4.39 Å². The monoisotopic (exact) mass is 360 g/mol. The average molecular weight is 361 g/mol. The highest BCUT2D eigenvalue weighted by atomic mass is 79.9. The van der Waals surface area contributed by atoms with Gasteiger partial charge in [0.1, 0.15) is 34.9 Å². The molecule has 22 heavy (non-hydrogen) atoms. The summed E-state index contributed by atoms with van der Waals surface area (Å²) in [6.07, 6.45) is 0. The van der Waals surface area contributed by atoms with E-state index in [1.165, 1.54) is 6.07 Å². The molecule has 1 aromatic carbocycles. The zero-order valence-electron chi connectivity index (χ0n) is 11.7. The highest BCUT2D eigenvalue weighted by molar-refractivity contribution is 9.10. The van der Waals surface area contributed by atoms with Gasteiger partial charge in [0, 0.05) is 5.56 Å². The summed E-state index contributed by atoms with van der Waals surface area (Å²) >= 11 is 3.13. The number of pyridine rings is 1. The Kier molecular flexibility index (Phi) is 4.03. The number of benzene rings is 1. The van der Waals surface area contributed by atoms with E-state index >= 15 is 0 Å². The third kappa shape index (κ3) is 2.26. The molecule has 7 heteroatoms. The minimum absolute atomic E-state index is 0.0131. The molecule has 0 fully saturated rings. The highest BCUT2D eigenvalue weighted by Crippen LogP contribution is 2.37. The molecule has 0 saturated heterocycles. The summed E-state index contributed by atoms with van der Waals surface area (Å²) in [5.41, 5.74) is 6.31. The van der Waals surface area contributed by atoms with Crippen molar-refractivity contribution in [1.29, 1.82) is 10.5 Å². The summed E-state index contributed by atoms with van der Waals surface area (Å²) in [5.74, 6) is -0.589. The van der Waals surface area contributed by atoms with E-state index in [0.717, 1.165) is 0 Å². The molecule has 0 atom stereocenters. The molecule has 0 aliphatic heterocycles. The second-order valence-electron chi connectivity index (χ2n) is 4.71. The minimum atomic E-state index is -0.687. The normalized spacial score (nSPS) is 10.1. The van der Waals surface area contributed by atoms with E-state index in [1.807, 2.05) is 6.07 Å². The Morgan fingerprint density at radius 1 is 1.23 bits per heavy atom. The summed E-state index contributed by atoms with van der Waals surface area (Å²) in [6.45, 7) is 3.27. The molecule has 0 radical (unpaired) electrons. The van der Waals surface area contributed by atoms with Crippen LogP contribution in [0.15, 0.2) is 15.3 Å².